The van der Waals surface area contributed by atoms with E-state index in [-0.39, 0.29) is 0 Å². The molecule has 0 spiro atoms. The molecule has 0 aliphatic carbocycles. The van der Waals surface area contributed by atoms with Crippen LogP contribution in [0.1, 0.15) is 26.1 Å². The Morgan fingerprint density at radius 1 is 1.50 bits per heavy atom. The lowest BCUT2D eigenvalue weighted by atomic mass is 10.0. The van der Waals surface area contributed by atoms with Crippen LogP contribution in [0.5, 0.6) is 0 Å². The Morgan fingerprint density at radius 3 is 3.06 bits per heavy atom. The van der Waals surface area contributed by atoms with Crippen LogP contribution in [0.2, 0.25) is 0 Å². The summed E-state index contributed by atoms with van der Waals surface area (Å²) in [5, 5.41) is 4.29. The van der Waals surface area contributed by atoms with Gasteiger partial charge in [-0.15, -0.1) is 0 Å². The second-order valence-corrected chi connectivity index (χ2v) is 5.10. The van der Waals surface area contributed by atoms with Crippen molar-refractivity contribution in [3.8, 4) is 11.3 Å². The van der Waals surface area contributed by atoms with Gasteiger partial charge in [-0.25, -0.2) is 4.98 Å². The van der Waals surface area contributed by atoms with Crippen molar-refractivity contribution in [1.82, 2.24) is 19.3 Å². The van der Waals surface area contributed by atoms with Gasteiger partial charge in [0, 0.05) is 31.3 Å². The number of aryl methyl sites for hydroxylation is 2. The Balaban J connectivity index is 2.03. The van der Waals surface area contributed by atoms with Crippen LogP contribution in [-0.2, 0) is 19.5 Å². The minimum absolute atomic E-state index is 0.681. The van der Waals surface area contributed by atoms with E-state index in [0.717, 1.165) is 42.4 Å². The van der Waals surface area contributed by atoms with Gasteiger partial charge in [0.05, 0.1) is 6.20 Å². The number of nitrogen functional groups attached to an aromatic ring is 1. The molecule has 2 N–H and O–H groups in total. The van der Waals surface area contributed by atoms with Gasteiger partial charge >= 0.3 is 0 Å². The molecule has 3 heterocycles. The Bertz CT molecular complexity index is 566. The summed E-state index contributed by atoms with van der Waals surface area (Å²) in [5.74, 6) is 2.58. The number of aromatic nitrogens is 4. The number of hydrogen-bond acceptors (Lipinski definition) is 3. The van der Waals surface area contributed by atoms with Crippen molar-refractivity contribution in [3.63, 3.8) is 0 Å². The first-order valence-electron chi connectivity index (χ1n) is 6.56. The van der Waals surface area contributed by atoms with E-state index < -0.39 is 0 Å². The van der Waals surface area contributed by atoms with E-state index in [4.69, 9.17) is 5.73 Å². The van der Waals surface area contributed by atoms with E-state index >= 15 is 0 Å². The van der Waals surface area contributed by atoms with E-state index in [2.05, 4.69) is 28.5 Å². The molecule has 2 aromatic heterocycles. The van der Waals surface area contributed by atoms with Crippen LogP contribution in [0.25, 0.3) is 11.3 Å². The lowest BCUT2D eigenvalue weighted by molar-refractivity contribution is 0.397. The summed E-state index contributed by atoms with van der Waals surface area (Å²) >= 11 is 0. The highest BCUT2D eigenvalue weighted by atomic mass is 15.3. The van der Waals surface area contributed by atoms with Crippen molar-refractivity contribution >= 4 is 5.82 Å². The van der Waals surface area contributed by atoms with Gasteiger partial charge < -0.3 is 10.3 Å². The van der Waals surface area contributed by atoms with Gasteiger partial charge in [0.25, 0.3) is 0 Å². The van der Waals surface area contributed by atoms with Crippen LogP contribution in [-0.4, -0.2) is 19.3 Å². The first-order chi connectivity index (χ1) is 8.69. The number of nitrogens with two attached hydrogens (primary N) is 1. The number of hydrogen-bond donors (Lipinski definition) is 1. The molecule has 5 heteroatoms. The van der Waals surface area contributed by atoms with E-state index in [0.29, 0.717) is 5.92 Å². The lowest BCUT2D eigenvalue weighted by Gasteiger charge is -2.20. The molecule has 18 heavy (non-hydrogen) atoms. The van der Waals surface area contributed by atoms with Crippen molar-refractivity contribution in [3.05, 3.63) is 18.2 Å². The maximum absolute atomic E-state index is 6.23. The fourth-order valence-corrected chi connectivity index (χ4v) is 2.56. The summed E-state index contributed by atoms with van der Waals surface area (Å²) < 4.78 is 4.06. The third kappa shape index (κ3) is 1.70. The highest BCUT2D eigenvalue weighted by Crippen LogP contribution is 2.30. The summed E-state index contributed by atoms with van der Waals surface area (Å²) in [6, 6.07) is 0. The number of imidazole rings is 1. The Hall–Kier alpha value is -1.78. The lowest BCUT2D eigenvalue weighted by Crippen LogP contribution is -2.19. The van der Waals surface area contributed by atoms with Crippen molar-refractivity contribution in [2.45, 2.75) is 39.8 Å². The first kappa shape index (κ1) is 11.3. The van der Waals surface area contributed by atoms with Crippen LogP contribution in [0.4, 0.5) is 5.82 Å². The summed E-state index contributed by atoms with van der Waals surface area (Å²) in [5.41, 5.74) is 8.14. The van der Waals surface area contributed by atoms with E-state index in [1.807, 2.05) is 17.1 Å². The summed E-state index contributed by atoms with van der Waals surface area (Å²) in [7, 11) is 0. The fourth-order valence-electron chi connectivity index (χ4n) is 2.56. The zero-order chi connectivity index (χ0) is 12.7. The van der Waals surface area contributed by atoms with Crippen molar-refractivity contribution in [2.75, 3.05) is 5.73 Å². The van der Waals surface area contributed by atoms with Crippen LogP contribution in [0, 0.1) is 5.92 Å². The van der Waals surface area contributed by atoms with Crippen LogP contribution < -0.4 is 5.73 Å². The van der Waals surface area contributed by atoms with Gasteiger partial charge in [-0.05, 0) is 19.3 Å². The van der Waals surface area contributed by atoms with E-state index in [9.17, 15) is 0 Å². The fraction of sp³-hybridized carbons (Fsp3) is 0.538. The quantitative estimate of drug-likeness (QED) is 0.879. The van der Waals surface area contributed by atoms with Gasteiger partial charge in [0.15, 0.2) is 0 Å². The third-order valence-electron chi connectivity index (χ3n) is 3.67. The maximum Gasteiger partial charge on any atom is 0.131 e. The van der Waals surface area contributed by atoms with E-state index in [1.165, 1.54) is 6.42 Å². The highest BCUT2D eigenvalue weighted by Gasteiger charge is 2.22. The summed E-state index contributed by atoms with van der Waals surface area (Å²) in [6.45, 7) is 6.18. The molecule has 1 aliphatic rings. The standard InChI is InChI=1S/C13H19N5/c1-3-17-8-10(6-15-17)12-13(14)18-7-9(2)4-5-11(18)16-12/h6,8-9H,3-5,7,14H2,1-2H3. The third-order valence-corrected chi connectivity index (χ3v) is 3.67. The number of anilines is 1. The molecule has 96 valence electrons. The molecular weight excluding hydrogens is 226 g/mol. The Morgan fingerprint density at radius 2 is 2.33 bits per heavy atom. The van der Waals surface area contributed by atoms with Crippen LogP contribution in [0.15, 0.2) is 12.4 Å². The molecule has 0 amide bonds. The zero-order valence-corrected chi connectivity index (χ0v) is 10.9. The predicted molar refractivity (Wildman–Crippen MR) is 71.0 cm³/mol. The van der Waals surface area contributed by atoms with Gasteiger partial charge in [-0.2, -0.15) is 5.10 Å². The smallest absolute Gasteiger partial charge is 0.131 e. The second-order valence-electron chi connectivity index (χ2n) is 5.10. The molecule has 0 aromatic carbocycles. The van der Waals surface area contributed by atoms with Crippen LogP contribution in [0.3, 0.4) is 0 Å². The maximum atomic E-state index is 6.23. The predicted octanol–water partition coefficient (Wildman–Crippen LogP) is 1.93. The Labute approximate surface area is 107 Å². The molecule has 1 aliphatic heterocycles. The highest BCUT2D eigenvalue weighted by molar-refractivity contribution is 5.70. The van der Waals surface area contributed by atoms with Crippen molar-refractivity contribution < 1.29 is 0 Å². The molecule has 0 bridgehead atoms. The monoisotopic (exact) mass is 245 g/mol. The molecule has 5 nitrogen and oxygen atoms in total. The van der Waals surface area contributed by atoms with Gasteiger partial charge in [0.1, 0.15) is 17.3 Å². The Kier molecular flexibility index (Phi) is 2.61. The average molecular weight is 245 g/mol. The number of nitrogens with zero attached hydrogens (tertiary/aromatic N) is 4. The van der Waals surface area contributed by atoms with E-state index in [1.54, 1.807) is 0 Å². The minimum atomic E-state index is 0.681. The normalized spacial score (nSPS) is 18.9. The molecule has 2 aromatic rings. The molecule has 0 radical (unpaired) electrons. The van der Waals surface area contributed by atoms with Gasteiger partial charge in [-0.3, -0.25) is 4.68 Å². The number of fused-ring (bicyclic) bond motifs is 1. The van der Waals surface area contributed by atoms with Gasteiger partial charge in [-0.1, -0.05) is 6.92 Å². The molecule has 1 atom stereocenters. The SMILES string of the molecule is CCn1cc(-c2nc3n(c2N)CC(C)CC3)cn1. The van der Waals surface area contributed by atoms with Crippen molar-refractivity contribution in [1.29, 1.82) is 0 Å². The second kappa shape index (κ2) is 4.15. The molecule has 0 saturated heterocycles. The molecule has 1 unspecified atom stereocenters. The molecule has 3 rings (SSSR count). The first-order valence-corrected chi connectivity index (χ1v) is 6.56. The van der Waals surface area contributed by atoms with Gasteiger partial charge in [0.2, 0.25) is 0 Å². The molecule has 0 saturated carbocycles. The van der Waals surface area contributed by atoms with Crippen LogP contribution >= 0.6 is 0 Å². The topological polar surface area (TPSA) is 61.7 Å². The zero-order valence-electron chi connectivity index (χ0n) is 10.9. The summed E-state index contributed by atoms with van der Waals surface area (Å²) in [4.78, 5) is 4.69. The summed E-state index contributed by atoms with van der Waals surface area (Å²) in [6.07, 6.45) is 6.07. The molecular formula is C13H19N5. The average Bonchev–Trinajstić information content (AvgIpc) is 2.95. The minimum Gasteiger partial charge on any atom is -0.383 e. The largest absolute Gasteiger partial charge is 0.383 e. The number of rotatable bonds is 2. The van der Waals surface area contributed by atoms with Crippen molar-refractivity contribution in [2.24, 2.45) is 5.92 Å². The molecule has 0 fully saturated rings.